The second-order valence-corrected chi connectivity index (χ2v) is 6.25. The Kier molecular flexibility index (Phi) is 4.59. The molecule has 0 unspecified atom stereocenters. The summed E-state index contributed by atoms with van der Waals surface area (Å²) in [6, 6.07) is 5.26. The van der Waals surface area contributed by atoms with Crippen molar-refractivity contribution in [3.05, 3.63) is 62.2 Å². The van der Waals surface area contributed by atoms with Crippen LogP contribution in [0.1, 0.15) is 34.6 Å². The molecule has 0 radical (unpaired) electrons. The van der Waals surface area contributed by atoms with Gasteiger partial charge in [-0.1, -0.05) is 0 Å². The number of carbonyl (C=O) groups excluding carboxylic acids is 1. The Morgan fingerprint density at radius 2 is 2.00 bits per heavy atom. The van der Waals surface area contributed by atoms with Crippen LogP contribution in [0.15, 0.2) is 34.0 Å². The summed E-state index contributed by atoms with van der Waals surface area (Å²) in [5, 5.41) is 0. The van der Waals surface area contributed by atoms with Crippen LogP contribution in [-0.4, -0.2) is 38.8 Å². The molecule has 7 nitrogen and oxygen atoms in total. The molecule has 1 aliphatic heterocycles. The summed E-state index contributed by atoms with van der Waals surface area (Å²) >= 11 is 0. The summed E-state index contributed by atoms with van der Waals surface area (Å²) in [5.41, 5.74) is 1.11. The highest BCUT2D eigenvalue weighted by molar-refractivity contribution is 5.92. The first-order chi connectivity index (χ1) is 11.5. The number of hydrogen-bond acceptors (Lipinski definition) is 4. The third kappa shape index (κ3) is 3.79. The number of pyridine rings is 1. The number of nitrogens with one attached hydrogen (secondary N) is 2. The second-order valence-electron chi connectivity index (χ2n) is 6.25. The van der Waals surface area contributed by atoms with Crippen molar-refractivity contribution < 1.29 is 4.79 Å². The highest BCUT2D eigenvalue weighted by Crippen LogP contribution is 2.22. The first-order valence-corrected chi connectivity index (χ1v) is 8.06. The number of piperidine rings is 1. The molecule has 3 rings (SSSR count). The van der Waals surface area contributed by atoms with Crippen molar-refractivity contribution in [1.29, 1.82) is 0 Å². The Labute approximate surface area is 138 Å². The molecule has 2 aromatic rings. The standard InChI is InChI=1S/C17H20N4O3/c1-11-8-13(2-5-18-11)9-12-3-6-21(7-4-12)16(23)14-10-15(22)20-17(24)19-14/h2,5,8,10,12H,3-4,6-7,9H2,1H3,(H2,19,20,22,24). The SMILES string of the molecule is Cc1cc(CC2CCN(C(=O)c3cc(=O)[nH]c(=O)[nH]3)CC2)ccn1. The third-order valence-electron chi connectivity index (χ3n) is 4.38. The zero-order valence-corrected chi connectivity index (χ0v) is 13.5. The lowest BCUT2D eigenvalue weighted by atomic mass is 9.90. The highest BCUT2D eigenvalue weighted by Gasteiger charge is 2.24. The van der Waals surface area contributed by atoms with E-state index >= 15 is 0 Å². The van der Waals surface area contributed by atoms with Crippen LogP contribution in [0.5, 0.6) is 0 Å². The number of rotatable bonds is 3. The van der Waals surface area contributed by atoms with Crippen molar-refractivity contribution >= 4 is 5.91 Å². The predicted molar refractivity (Wildman–Crippen MR) is 89.0 cm³/mol. The van der Waals surface area contributed by atoms with E-state index < -0.39 is 11.2 Å². The molecule has 24 heavy (non-hydrogen) atoms. The molecule has 0 aliphatic carbocycles. The molecule has 7 heteroatoms. The number of aromatic nitrogens is 3. The van der Waals surface area contributed by atoms with E-state index in [1.807, 2.05) is 19.2 Å². The minimum atomic E-state index is -0.659. The van der Waals surface area contributed by atoms with Crippen LogP contribution in [0.4, 0.5) is 0 Å². The fourth-order valence-corrected chi connectivity index (χ4v) is 3.16. The number of aryl methyl sites for hydroxylation is 1. The first-order valence-electron chi connectivity index (χ1n) is 8.06. The minimum Gasteiger partial charge on any atom is -0.337 e. The average molecular weight is 328 g/mol. The van der Waals surface area contributed by atoms with Gasteiger partial charge in [0.25, 0.3) is 11.5 Å². The molecule has 126 valence electrons. The van der Waals surface area contributed by atoms with Gasteiger partial charge in [-0.3, -0.25) is 19.6 Å². The van der Waals surface area contributed by atoms with E-state index in [1.165, 1.54) is 5.56 Å². The van der Waals surface area contributed by atoms with E-state index in [9.17, 15) is 14.4 Å². The number of nitrogens with zero attached hydrogens (tertiary/aromatic N) is 2. The zero-order valence-electron chi connectivity index (χ0n) is 13.5. The van der Waals surface area contributed by atoms with Gasteiger partial charge in [0.2, 0.25) is 0 Å². The molecule has 1 fully saturated rings. The lowest BCUT2D eigenvalue weighted by molar-refractivity contribution is 0.0684. The number of likely N-dealkylation sites (tertiary alicyclic amines) is 1. The van der Waals surface area contributed by atoms with Gasteiger partial charge in [-0.25, -0.2) is 4.79 Å². The fraction of sp³-hybridized carbons (Fsp3) is 0.412. The van der Waals surface area contributed by atoms with Crippen LogP contribution < -0.4 is 11.2 Å². The van der Waals surface area contributed by atoms with Gasteiger partial charge in [-0.05, 0) is 49.8 Å². The van der Waals surface area contributed by atoms with Crippen LogP contribution in [0.2, 0.25) is 0 Å². The minimum absolute atomic E-state index is 0.0481. The zero-order chi connectivity index (χ0) is 17.1. The highest BCUT2D eigenvalue weighted by atomic mass is 16.2. The second kappa shape index (κ2) is 6.82. The normalized spacial score (nSPS) is 15.5. The van der Waals surface area contributed by atoms with Crippen molar-refractivity contribution in [2.45, 2.75) is 26.2 Å². The number of carbonyl (C=O) groups is 1. The molecule has 3 heterocycles. The van der Waals surface area contributed by atoms with E-state index in [4.69, 9.17) is 0 Å². The maximum Gasteiger partial charge on any atom is 0.326 e. The molecule has 1 aliphatic rings. The van der Waals surface area contributed by atoms with E-state index in [1.54, 1.807) is 4.90 Å². The molecule has 0 atom stereocenters. The van der Waals surface area contributed by atoms with Gasteiger partial charge in [0.05, 0.1) is 0 Å². The Hall–Kier alpha value is -2.70. The Bertz CT molecular complexity index is 819. The summed E-state index contributed by atoms with van der Waals surface area (Å²) in [4.78, 5) is 45.4. The lowest BCUT2D eigenvalue weighted by Crippen LogP contribution is -2.40. The summed E-state index contributed by atoms with van der Waals surface area (Å²) in [6.07, 6.45) is 4.61. The fourth-order valence-electron chi connectivity index (χ4n) is 3.16. The van der Waals surface area contributed by atoms with Crippen molar-refractivity contribution in [2.75, 3.05) is 13.1 Å². The van der Waals surface area contributed by atoms with Crippen molar-refractivity contribution in [2.24, 2.45) is 5.92 Å². The monoisotopic (exact) mass is 328 g/mol. The molecule has 1 amide bonds. The van der Waals surface area contributed by atoms with Gasteiger partial charge in [0, 0.05) is 31.0 Å². The van der Waals surface area contributed by atoms with Gasteiger partial charge in [-0.15, -0.1) is 0 Å². The number of amides is 1. The summed E-state index contributed by atoms with van der Waals surface area (Å²) < 4.78 is 0. The van der Waals surface area contributed by atoms with E-state index in [-0.39, 0.29) is 11.6 Å². The number of hydrogen-bond donors (Lipinski definition) is 2. The molecule has 0 bridgehead atoms. The maximum absolute atomic E-state index is 12.4. The Morgan fingerprint density at radius 3 is 2.67 bits per heavy atom. The molecule has 0 spiro atoms. The topological polar surface area (TPSA) is 98.9 Å². The average Bonchev–Trinajstić information content (AvgIpc) is 2.54. The molecule has 0 aromatic carbocycles. The van der Waals surface area contributed by atoms with Gasteiger partial charge in [-0.2, -0.15) is 0 Å². The number of H-pyrrole nitrogens is 2. The van der Waals surface area contributed by atoms with E-state index in [0.717, 1.165) is 31.0 Å². The van der Waals surface area contributed by atoms with E-state index in [2.05, 4.69) is 21.0 Å². The molecular weight excluding hydrogens is 308 g/mol. The third-order valence-corrected chi connectivity index (χ3v) is 4.38. The van der Waals surface area contributed by atoms with Gasteiger partial charge >= 0.3 is 5.69 Å². The van der Waals surface area contributed by atoms with Gasteiger partial charge in [0.1, 0.15) is 5.69 Å². The molecular formula is C17H20N4O3. The van der Waals surface area contributed by atoms with Crippen LogP contribution in [0.3, 0.4) is 0 Å². The van der Waals surface area contributed by atoms with Crippen molar-refractivity contribution in [3.8, 4) is 0 Å². The summed E-state index contributed by atoms with van der Waals surface area (Å²) in [6.45, 7) is 3.23. The summed E-state index contributed by atoms with van der Waals surface area (Å²) in [5.74, 6) is 0.227. The first kappa shape index (κ1) is 16.2. The van der Waals surface area contributed by atoms with Crippen LogP contribution in [-0.2, 0) is 6.42 Å². The number of aromatic amines is 2. The smallest absolute Gasteiger partial charge is 0.326 e. The quantitative estimate of drug-likeness (QED) is 0.873. The van der Waals surface area contributed by atoms with Crippen LogP contribution in [0.25, 0.3) is 0 Å². The summed E-state index contributed by atoms with van der Waals surface area (Å²) in [7, 11) is 0. The van der Waals surface area contributed by atoms with Crippen molar-refractivity contribution in [3.63, 3.8) is 0 Å². The Morgan fingerprint density at radius 1 is 1.25 bits per heavy atom. The Balaban J connectivity index is 1.61. The largest absolute Gasteiger partial charge is 0.337 e. The van der Waals surface area contributed by atoms with Crippen LogP contribution in [0, 0.1) is 12.8 Å². The van der Waals surface area contributed by atoms with Gasteiger partial charge in [0.15, 0.2) is 0 Å². The van der Waals surface area contributed by atoms with Crippen LogP contribution >= 0.6 is 0 Å². The molecule has 2 aromatic heterocycles. The maximum atomic E-state index is 12.4. The predicted octanol–water partition coefficient (Wildman–Crippen LogP) is 0.862. The molecule has 0 saturated carbocycles. The van der Waals surface area contributed by atoms with E-state index in [0.29, 0.717) is 19.0 Å². The lowest BCUT2D eigenvalue weighted by Gasteiger charge is -2.32. The van der Waals surface area contributed by atoms with Crippen molar-refractivity contribution in [1.82, 2.24) is 19.9 Å². The molecule has 1 saturated heterocycles. The molecule has 2 N–H and O–H groups in total. The van der Waals surface area contributed by atoms with Gasteiger partial charge < -0.3 is 9.88 Å².